The molecule has 0 aliphatic carbocycles. The van der Waals surface area contributed by atoms with E-state index in [1.807, 2.05) is 24.3 Å². The lowest BCUT2D eigenvalue weighted by molar-refractivity contribution is -0.155. The van der Waals surface area contributed by atoms with Gasteiger partial charge in [0.2, 0.25) is 0 Å². The zero-order valence-electron chi connectivity index (χ0n) is 15.3. The molecule has 1 aromatic rings. The number of rotatable bonds is 5. The molecule has 0 aromatic heterocycles. The summed E-state index contributed by atoms with van der Waals surface area (Å²) in [4.78, 5) is 26.3. The standard InChI is InChI=1S/C19H26BrN3O4/c1-12(13-2-4-14(20)5-3-13)22-17(26)15(24)16(25)18(27)23-8-6-19(7-9-23)10-21-11-19/h2-5,12,15-16,21,24-25H,6-11H2,1H3,(H,22,26). The van der Waals surface area contributed by atoms with Gasteiger partial charge in [0.15, 0.2) is 12.2 Å². The molecule has 3 unspecified atom stereocenters. The quantitative estimate of drug-likeness (QED) is 0.536. The van der Waals surface area contributed by atoms with Gasteiger partial charge in [0, 0.05) is 30.7 Å². The fraction of sp³-hybridized carbons (Fsp3) is 0.579. The second-order valence-electron chi connectivity index (χ2n) is 7.60. The van der Waals surface area contributed by atoms with E-state index < -0.39 is 24.0 Å². The van der Waals surface area contributed by atoms with E-state index in [-0.39, 0.29) is 11.5 Å². The highest BCUT2D eigenvalue weighted by molar-refractivity contribution is 9.10. The third-order valence-electron chi connectivity index (χ3n) is 5.69. The fourth-order valence-electron chi connectivity index (χ4n) is 3.63. The SMILES string of the molecule is CC(NC(=O)C(O)C(O)C(=O)N1CCC2(CC1)CNC2)c1ccc(Br)cc1. The number of piperidine rings is 1. The number of likely N-dealkylation sites (tertiary alicyclic amines) is 1. The van der Waals surface area contributed by atoms with E-state index in [1.165, 1.54) is 0 Å². The van der Waals surface area contributed by atoms with Crippen LogP contribution in [0.4, 0.5) is 0 Å². The molecule has 2 saturated heterocycles. The van der Waals surface area contributed by atoms with E-state index >= 15 is 0 Å². The summed E-state index contributed by atoms with van der Waals surface area (Å²) < 4.78 is 0.923. The molecule has 4 N–H and O–H groups in total. The number of halogens is 1. The van der Waals surface area contributed by atoms with Gasteiger partial charge in [-0.05, 0) is 42.9 Å². The van der Waals surface area contributed by atoms with Gasteiger partial charge in [0.25, 0.3) is 11.8 Å². The lowest BCUT2D eigenvalue weighted by atomic mass is 9.73. The molecule has 3 rings (SSSR count). The molecule has 1 spiro atoms. The maximum absolute atomic E-state index is 12.5. The van der Waals surface area contributed by atoms with Gasteiger partial charge in [0.05, 0.1) is 6.04 Å². The van der Waals surface area contributed by atoms with Crippen LogP contribution in [-0.2, 0) is 9.59 Å². The molecule has 3 atom stereocenters. The Morgan fingerprint density at radius 3 is 2.26 bits per heavy atom. The molecule has 0 radical (unpaired) electrons. The Balaban J connectivity index is 1.52. The smallest absolute Gasteiger partial charge is 0.254 e. The predicted molar refractivity (Wildman–Crippen MR) is 104 cm³/mol. The van der Waals surface area contributed by atoms with Crippen molar-refractivity contribution in [2.75, 3.05) is 26.2 Å². The Labute approximate surface area is 167 Å². The van der Waals surface area contributed by atoms with Crippen molar-refractivity contribution in [3.8, 4) is 0 Å². The summed E-state index contributed by atoms with van der Waals surface area (Å²) >= 11 is 3.35. The molecule has 1 aromatic carbocycles. The van der Waals surface area contributed by atoms with Gasteiger partial charge in [-0.1, -0.05) is 28.1 Å². The minimum atomic E-state index is -1.79. The monoisotopic (exact) mass is 439 g/mol. The average molecular weight is 440 g/mol. The van der Waals surface area contributed by atoms with Gasteiger partial charge < -0.3 is 25.7 Å². The van der Waals surface area contributed by atoms with Crippen LogP contribution >= 0.6 is 15.9 Å². The number of hydrogen-bond donors (Lipinski definition) is 4. The number of nitrogens with one attached hydrogen (secondary N) is 2. The van der Waals surface area contributed by atoms with Crippen LogP contribution in [0.1, 0.15) is 31.4 Å². The Morgan fingerprint density at radius 1 is 1.15 bits per heavy atom. The van der Waals surface area contributed by atoms with E-state index in [0.29, 0.717) is 13.1 Å². The molecule has 8 heteroatoms. The van der Waals surface area contributed by atoms with Gasteiger partial charge in [-0.2, -0.15) is 0 Å². The highest BCUT2D eigenvalue weighted by Gasteiger charge is 2.42. The van der Waals surface area contributed by atoms with Gasteiger partial charge in [0.1, 0.15) is 0 Å². The van der Waals surface area contributed by atoms with Crippen molar-refractivity contribution in [2.45, 2.75) is 38.0 Å². The normalized spacial score (nSPS) is 21.9. The van der Waals surface area contributed by atoms with Crippen LogP contribution in [0.5, 0.6) is 0 Å². The first-order valence-corrected chi connectivity index (χ1v) is 10.0. The highest BCUT2D eigenvalue weighted by atomic mass is 79.9. The van der Waals surface area contributed by atoms with E-state index in [1.54, 1.807) is 11.8 Å². The summed E-state index contributed by atoms with van der Waals surface area (Å²) in [5.74, 6) is -1.35. The van der Waals surface area contributed by atoms with Crippen molar-refractivity contribution in [3.63, 3.8) is 0 Å². The molecule has 2 aliphatic heterocycles. The summed E-state index contributed by atoms with van der Waals surface area (Å²) in [6.45, 7) is 4.80. The molecular formula is C19H26BrN3O4. The van der Waals surface area contributed by atoms with Crippen LogP contribution in [0.3, 0.4) is 0 Å². The van der Waals surface area contributed by atoms with Crippen LogP contribution in [0, 0.1) is 5.41 Å². The number of aliphatic hydroxyl groups is 2. The number of amides is 2. The zero-order valence-corrected chi connectivity index (χ0v) is 16.9. The molecule has 2 amide bonds. The van der Waals surface area contributed by atoms with Gasteiger partial charge in [-0.15, -0.1) is 0 Å². The molecule has 27 heavy (non-hydrogen) atoms. The van der Waals surface area contributed by atoms with Crippen LogP contribution < -0.4 is 10.6 Å². The molecule has 148 valence electrons. The highest BCUT2D eigenvalue weighted by Crippen LogP contribution is 2.35. The Kier molecular flexibility index (Phi) is 6.20. The first-order valence-electron chi connectivity index (χ1n) is 9.23. The molecule has 2 aliphatic rings. The molecular weight excluding hydrogens is 414 g/mol. The Bertz CT molecular complexity index is 683. The minimum absolute atomic E-state index is 0.276. The van der Waals surface area contributed by atoms with Crippen LogP contribution in [0.2, 0.25) is 0 Å². The molecule has 0 bridgehead atoms. The van der Waals surface area contributed by atoms with E-state index in [4.69, 9.17) is 0 Å². The van der Waals surface area contributed by atoms with Crippen molar-refractivity contribution in [1.82, 2.24) is 15.5 Å². The predicted octanol–water partition coefficient (Wildman–Crippen LogP) is 0.560. The second-order valence-corrected chi connectivity index (χ2v) is 8.52. The second kappa shape index (κ2) is 8.26. The fourth-order valence-corrected chi connectivity index (χ4v) is 3.90. The van der Waals surface area contributed by atoms with Crippen molar-refractivity contribution >= 4 is 27.7 Å². The molecule has 7 nitrogen and oxygen atoms in total. The number of aliphatic hydroxyl groups excluding tert-OH is 2. The van der Waals surface area contributed by atoms with Crippen LogP contribution in [-0.4, -0.2) is 65.3 Å². The summed E-state index contributed by atoms with van der Waals surface area (Å²) in [6, 6.07) is 7.05. The summed E-state index contributed by atoms with van der Waals surface area (Å²) in [7, 11) is 0. The van der Waals surface area contributed by atoms with Crippen molar-refractivity contribution in [3.05, 3.63) is 34.3 Å². The van der Waals surface area contributed by atoms with Crippen molar-refractivity contribution in [1.29, 1.82) is 0 Å². The van der Waals surface area contributed by atoms with Crippen molar-refractivity contribution in [2.24, 2.45) is 5.41 Å². The first-order chi connectivity index (χ1) is 12.8. The van der Waals surface area contributed by atoms with Gasteiger partial charge in [-0.25, -0.2) is 0 Å². The minimum Gasteiger partial charge on any atom is -0.380 e. The number of nitrogens with zero attached hydrogens (tertiary/aromatic N) is 1. The van der Waals surface area contributed by atoms with Gasteiger partial charge in [-0.3, -0.25) is 9.59 Å². The summed E-state index contributed by atoms with van der Waals surface area (Å²) in [6.07, 6.45) is -1.80. The maximum Gasteiger partial charge on any atom is 0.254 e. The van der Waals surface area contributed by atoms with Crippen LogP contribution in [0.15, 0.2) is 28.7 Å². The molecule has 0 saturated carbocycles. The van der Waals surface area contributed by atoms with E-state index in [0.717, 1.165) is 36.0 Å². The largest absolute Gasteiger partial charge is 0.380 e. The van der Waals surface area contributed by atoms with E-state index in [2.05, 4.69) is 26.6 Å². The third-order valence-corrected chi connectivity index (χ3v) is 6.21. The van der Waals surface area contributed by atoms with Gasteiger partial charge >= 0.3 is 0 Å². The maximum atomic E-state index is 12.5. The number of carbonyl (C=O) groups excluding carboxylic acids is 2. The first kappa shape index (κ1) is 20.3. The third kappa shape index (κ3) is 4.51. The molecule has 2 fully saturated rings. The Morgan fingerprint density at radius 2 is 1.74 bits per heavy atom. The van der Waals surface area contributed by atoms with Crippen LogP contribution in [0.25, 0.3) is 0 Å². The number of hydrogen-bond acceptors (Lipinski definition) is 5. The summed E-state index contributed by atoms with van der Waals surface area (Å²) in [5.41, 5.74) is 1.13. The van der Waals surface area contributed by atoms with Crippen molar-refractivity contribution < 1.29 is 19.8 Å². The number of benzene rings is 1. The average Bonchev–Trinajstić information content (AvgIpc) is 2.65. The zero-order chi connectivity index (χ0) is 19.6. The molecule has 2 heterocycles. The lowest BCUT2D eigenvalue weighted by Gasteiger charge is -2.48. The summed E-state index contributed by atoms with van der Waals surface area (Å²) in [5, 5.41) is 26.3. The lowest BCUT2D eigenvalue weighted by Crippen LogP contribution is -2.60. The Hall–Kier alpha value is -1.48. The number of carbonyl (C=O) groups is 2. The topological polar surface area (TPSA) is 102 Å². The van der Waals surface area contributed by atoms with E-state index in [9.17, 15) is 19.8 Å².